The van der Waals surface area contributed by atoms with Gasteiger partial charge in [0.25, 0.3) is 0 Å². The quantitative estimate of drug-likeness (QED) is 0.778. The lowest BCUT2D eigenvalue weighted by molar-refractivity contribution is 0.170. The van der Waals surface area contributed by atoms with Crippen LogP contribution >= 0.6 is 0 Å². The van der Waals surface area contributed by atoms with Crippen LogP contribution < -0.4 is 10.1 Å². The highest BCUT2D eigenvalue weighted by Gasteiger charge is 2.12. The number of benzene rings is 2. The van der Waals surface area contributed by atoms with Gasteiger partial charge in [0.2, 0.25) is 0 Å². The highest BCUT2D eigenvalue weighted by molar-refractivity contribution is 5.38. The molecule has 2 unspecified atom stereocenters. The molecule has 0 bridgehead atoms. The molecule has 0 aliphatic heterocycles. The van der Waals surface area contributed by atoms with E-state index >= 15 is 0 Å². The fourth-order valence-corrected chi connectivity index (χ4v) is 2.65. The molecule has 0 aromatic heterocycles. The molecule has 0 aliphatic rings. The third kappa shape index (κ3) is 4.81. The Labute approximate surface area is 144 Å². The third-order valence-electron chi connectivity index (χ3n) is 4.18. The van der Waals surface area contributed by atoms with Gasteiger partial charge in [-0.1, -0.05) is 35.9 Å². The van der Waals surface area contributed by atoms with Gasteiger partial charge in [0, 0.05) is 25.3 Å². The van der Waals surface area contributed by atoms with E-state index in [-0.39, 0.29) is 6.04 Å². The Hall–Kier alpha value is -1.88. The first-order valence-electron chi connectivity index (χ1n) is 8.19. The van der Waals surface area contributed by atoms with Crippen molar-refractivity contribution < 1.29 is 14.6 Å². The van der Waals surface area contributed by atoms with Gasteiger partial charge in [-0.05, 0) is 37.1 Å². The topological polar surface area (TPSA) is 50.7 Å². The van der Waals surface area contributed by atoms with E-state index in [0.29, 0.717) is 13.2 Å². The molecule has 2 aromatic rings. The van der Waals surface area contributed by atoms with Gasteiger partial charge in [-0.25, -0.2) is 0 Å². The fourth-order valence-electron chi connectivity index (χ4n) is 2.65. The van der Waals surface area contributed by atoms with Crippen LogP contribution in [0.25, 0.3) is 0 Å². The standard InChI is InChI=1S/C20H27NO3/c1-14-5-7-16(8-6-14)19(22)12-21-15(2)17-9-10-20(24-4)18(11-17)13-23-3/h5-11,15,19,21-22H,12-13H2,1-4H3. The number of aryl methyl sites for hydroxylation is 1. The first-order valence-corrected chi connectivity index (χ1v) is 8.19. The van der Waals surface area contributed by atoms with Crippen LogP contribution in [0, 0.1) is 6.92 Å². The van der Waals surface area contributed by atoms with Gasteiger partial charge in [0.05, 0.1) is 19.8 Å². The largest absolute Gasteiger partial charge is 0.496 e. The van der Waals surface area contributed by atoms with E-state index in [9.17, 15) is 5.11 Å². The number of ether oxygens (including phenoxy) is 2. The smallest absolute Gasteiger partial charge is 0.124 e. The van der Waals surface area contributed by atoms with E-state index in [1.54, 1.807) is 14.2 Å². The highest BCUT2D eigenvalue weighted by Crippen LogP contribution is 2.24. The summed E-state index contributed by atoms with van der Waals surface area (Å²) < 4.78 is 10.6. The molecule has 0 amide bonds. The van der Waals surface area contributed by atoms with Gasteiger partial charge in [0.1, 0.15) is 5.75 Å². The Bertz CT molecular complexity index is 640. The predicted octanol–water partition coefficient (Wildman–Crippen LogP) is 3.53. The van der Waals surface area contributed by atoms with Crippen LogP contribution in [0.4, 0.5) is 0 Å². The summed E-state index contributed by atoms with van der Waals surface area (Å²) in [6.45, 7) is 5.13. The summed E-state index contributed by atoms with van der Waals surface area (Å²) in [4.78, 5) is 0. The molecule has 2 N–H and O–H groups in total. The number of aliphatic hydroxyl groups is 1. The number of aliphatic hydroxyl groups excluding tert-OH is 1. The molecule has 0 fully saturated rings. The normalized spacial score (nSPS) is 13.5. The Balaban J connectivity index is 2.00. The van der Waals surface area contributed by atoms with Crippen LogP contribution in [-0.4, -0.2) is 25.9 Å². The van der Waals surface area contributed by atoms with Crippen LogP contribution in [0.1, 0.15) is 41.3 Å². The van der Waals surface area contributed by atoms with Gasteiger partial charge >= 0.3 is 0 Å². The summed E-state index contributed by atoms with van der Waals surface area (Å²) in [6.07, 6.45) is -0.523. The molecule has 0 radical (unpaired) electrons. The Morgan fingerprint density at radius 3 is 2.33 bits per heavy atom. The summed E-state index contributed by atoms with van der Waals surface area (Å²) in [7, 11) is 3.33. The highest BCUT2D eigenvalue weighted by atomic mass is 16.5. The molecule has 4 heteroatoms. The van der Waals surface area contributed by atoms with Crippen LogP contribution in [0.2, 0.25) is 0 Å². The number of nitrogens with one attached hydrogen (secondary N) is 1. The van der Waals surface area contributed by atoms with Gasteiger partial charge in [-0.3, -0.25) is 0 Å². The van der Waals surface area contributed by atoms with Crippen molar-refractivity contribution in [2.45, 2.75) is 32.6 Å². The zero-order valence-corrected chi connectivity index (χ0v) is 14.9. The van der Waals surface area contributed by atoms with Crippen molar-refractivity contribution in [3.8, 4) is 5.75 Å². The number of hydrogen-bond donors (Lipinski definition) is 2. The number of hydrogen-bond acceptors (Lipinski definition) is 4. The summed E-state index contributed by atoms with van der Waals surface area (Å²) in [5, 5.41) is 13.7. The van der Waals surface area contributed by atoms with Gasteiger partial charge in [-0.15, -0.1) is 0 Å². The van der Waals surface area contributed by atoms with Crippen LogP contribution in [0.15, 0.2) is 42.5 Å². The lowest BCUT2D eigenvalue weighted by Crippen LogP contribution is -2.24. The first kappa shape index (κ1) is 18.5. The maximum absolute atomic E-state index is 10.3. The molecule has 0 aliphatic carbocycles. The predicted molar refractivity (Wildman–Crippen MR) is 96.3 cm³/mol. The molecule has 130 valence electrons. The first-order chi connectivity index (χ1) is 11.5. The van der Waals surface area contributed by atoms with E-state index in [0.717, 1.165) is 22.4 Å². The second-order valence-electron chi connectivity index (χ2n) is 6.06. The molecular formula is C20H27NO3. The van der Waals surface area contributed by atoms with Crippen molar-refractivity contribution in [2.24, 2.45) is 0 Å². The van der Waals surface area contributed by atoms with Crippen LogP contribution in [-0.2, 0) is 11.3 Å². The lowest BCUT2D eigenvalue weighted by Gasteiger charge is -2.19. The Morgan fingerprint density at radius 1 is 1.04 bits per heavy atom. The van der Waals surface area contributed by atoms with E-state index in [4.69, 9.17) is 9.47 Å². The van der Waals surface area contributed by atoms with Crippen molar-refractivity contribution in [3.05, 3.63) is 64.7 Å². The average Bonchev–Trinajstić information content (AvgIpc) is 2.60. The van der Waals surface area contributed by atoms with Crippen molar-refractivity contribution in [1.82, 2.24) is 5.32 Å². The van der Waals surface area contributed by atoms with Gasteiger partial charge in [-0.2, -0.15) is 0 Å². The number of methoxy groups -OCH3 is 2. The van der Waals surface area contributed by atoms with E-state index in [2.05, 4.69) is 18.3 Å². The maximum atomic E-state index is 10.3. The summed E-state index contributed by atoms with van der Waals surface area (Å²) in [6, 6.07) is 14.2. The molecule has 0 saturated heterocycles. The van der Waals surface area contributed by atoms with Gasteiger partial charge < -0.3 is 19.9 Å². The molecule has 2 aromatic carbocycles. The van der Waals surface area contributed by atoms with Crippen LogP contribution in [0.3, 0.4) is 0 Å². The minimum Gasteiger partial charge on any atom is -0.496 e. The second-order valence-corrected chi connectivity index (χ2v) is 6.06. The van der Waals surface area contributed by atoms with Crippen molar-refractivity contribution >= 4 is 0 Å². The fraction of sp³-hybridized carbons (Fsp3) is 0.400. The van der Waals surface area contributed by atoms with Gasteiger partial charge in [0.15, 0.2) is 0 Å². The minimum atomic E-state index is -0.523. The molecule has 4 nitrogen and oxygen atoms in total. The second kappa shape index (κ2) is 8.83. The molecule has 0 spiro atoms. The molecule has 24 heavy (non-hydrogen) atoms. The van der Waals surface area contributed by atoms with Crippen molar-refractivity contribution in [3.63, 3.8) is 0 Å². The maximum Gasteiger partial charge on any atom is 0.124 e. The van der Waals surface area contributed by atoms with Crippen LogP contribution in [0.5, 0.6) is 5.75 Å². The van der Waals surface area contributed by atoms with E-state index in [1.807, 2.05) is 43.3 Å². The molecule has 0 heterocycles. The Morgan fingerprint density at radius 2 is 1.71 bits per heavy atom. The lowest BCUT2D eigenvalue weighted by atomic mass is 10.0. The number of rotatable bonds is 8. The van der Waals surface area contributed by atoms with Crippen molar-refractivity contribution in [1.29, 1.82) is 0 Å². The molecule has 0 saturated carbocycles. The summed E-state index contributed by atoms with van der Waals surface area (Å²) >= 11 is 0. The van der Waals surface area contributed by atoms with E-state index < -0.39 is 6.10 Å². The average molecular weight is 329 g/mol. The van der Waals surface area contributed by atoms with E-state index in [1.165, 1.54) is 5.56 Å². The summed E-state index contributed by atoms with van der Waals surface area (Å²) in [5.41, 5.74) is 4.27. The zero-order valence-electron chi connectivity index (χ0n) is 14.9. The Kier molecular flexibility index (Phi) is 6.79. The SMILES string of the molecule is COCc1cc(C(C)NCC(O)c2ccc(C)cc2)ccc1OC. The monoisotopic (exact) mass is 329 g/mol. The summed E-state index contributed by atoms with van der Waals surface area (Å²) in [5.74, 6) is 0.826. The minimum absolute atomic E-state index is 0.117. The molecule has 2 atom stereocenters. The third-order valence-corrected chi connectivity index (χ3v) is 4.18. The molecule has 2 rings (SSSR count). The zero-order chi connectivity index (χ0) is 17.5. The van der Waals surface area contributed by atoms with Crippen molar-refractivity contribution in [2.75, 3.05) is 20.8 Å². The molecular weight excluding hydrogens is 302 g/mol.